The number of hydrogen-bond acceptors (Lipinski definition) is 2. The van der Waals surface area contributed by atoms with Gasteiger partial charge in [-0.2, -0.15) is 0 Å². The van der Waals surface area contributed by atoms with Crippen LogP contribution in [0.1, 0.15) is 33.3 Å². The van der Waals surface area contributed by atoms with Gasteiger partial charge in [0.1, 0.15) is 0 Å². The van der Waals surface area contributed by atoms with Gasteiger partial charge >= 0.3 is 0 Å². The molecule has 0 aliphatic heterocycles. The van der Waals surface area contributed by atoms with Gasteiger partial charge in [-0.1, -0.05) is 19.1 Å². The molecule has 5 heteroatoms. The maximum Gasteiger partial charge on any atom is 0.239 e. The van der Waals surface area contributed by atoms with Crippen molar-refractivity contribution in [3.05, 3.63) is 29.8 Å². The van der Waals surface area contributed by atoms with E-state index in [1.807, 2.05) is 32.9 Å². The lowest BCUT2D eigenvalue weighted by Gasteiger charge is -2.21. The Labute approximate surface area is 126 Å². The van der Waals surface area contributed by atoms with Gasteiger partial charge in [-0.15, -0.1) is 0 Å². The third kappa shape index (κ3) is 6.52. The lowest BCUT2D eigenvalue weighted by Crippen LogP contribution is -2.46. The van der Waals surface area contributed by atoms with Crippen molar-refractivity contribution in [1.29, 1.82) is 0 Å². The highest BCUT2D eigenvalue weighted by atomic mass is 32.1. The van der Waals surface area contributed by atoms with Crippen molar-refractivity contribution >= 4 is 28.9 Å². The van der Waals surface area contributed by atoms with Gasteiger partial charge in [0, 0.05) is 11.2 Å². The number of anilines is 1. The number of benzene rings is 1. The van der Waals surface area contributed by atoms with Crippen molar-refractivity contribution in [3.8, 4) is 0 Å². The minimum absolute atomic E-state index is 0.0806. The number of amides is 1. The maximum atomic E-state index is 11.6. The lowest BCUT2D eigenvalue weighted by atomic mass is 10.1. The Hall–Kier alpha value is -1.62. The van der Waals surface area contributed by atoms with E-state index < -0.39 is 0 Å². The average Bonchev–Trinajstić information content (AvgIpc) is 2.35. The van der Waals surface area contributed by atoms with Crippen LogP contribution in [0.3, 0.4) is 0 Å². The minimum atomic E-state index is -0.232. The largest absolute Gasteiger partial charge is 0.353 e. The zero-order valence-electron chi connectivity index (χ0n) is 12.5. The van der Waals surface area contributed by atoms with Crippen molar-refractivity contribution in [2.24, 2.45) is 0 Å². The fourth-order valence-electron chi connectivity index (χ4n) is 1.62. The van der Waals surface area contributed by atoms with Gasteiger partial charge in [0.2, 0.25) is 5.91 Å². The predicted molar refractivity (Wildman–Crippen MR) is 87.9 cm³/mol. The molecule has 1 aromatic rings. The van der Waals surface area contributed by atoms with Gasteiger partial charge in [0.05, 0.1) is 6.54 Å². The number of aryl methyl sites for hydroxylation is 1. The molecule has 20 heavy (non-hydrogen) atoms. The topological polar surface area (TPSA) is 53.2 Å². The molecule has 0 aliphatic rings. The molecule has 1 aromatic carbocycles. The molecule has 4 nitrogen and oxygen atoms in total. The van der Waals surface area contributed by atoms with Gasteiger partial charge < -0.3 is 16.0 Å². The highest BCUT2D eigenvalue weighted by molar-refractivity contribution is 7.80. The summed E-state index contributed by atoms with van der Waals surface area (Å²) < 4.78 is 0. The number of nitrogens with one attached hydrogen (secondary N) is 3. The van der Waals surface area contributed by atoms with Gasteiger partial charge in [-0.25, -0.2) is 0 Å². The summed E-state index contributed by atoms with van der Waals surface area (Å²) in [6, 6.07) is 8.05. The van der Waals surface area contributed by atoms with Gasteiger partial charge in [0.25, 0.3) is 0 Å². The third-order valence-electron chi connectivity index (χ3n) is 2.54. The number of rotatable bonds is 4. The molecule has 110 valence electrons. The summed E-state index contributed by atoms with van der Waals surface area (Å²) in [5, 5.41) is 9.25. The van der Waals surface area contributed by atoms with E-state index >= 15 is 0 Å². The van der Waals surface area contributed by atoms with Crippen LogP contribution in [0.25, 0.3) is 0 Å². The molecule has 0 atom stereocenters. The quantitative estimate of drug-likeness (QED) is 0.746. The van der Waals surface area contributed by atoms with Crippen molar-refractivity contribution in [1.82, 2.24) is 10.6 Å². The van der Waals surface area contributed by atoms with E-state index in [2.05, 4.69) is 35.0 Å². The van der Waals surface area contributed by atoms with Crippen LogP contribution < -0.4 is 16.0 Å². The molecule has 0 saturated heterocycles. The molecule has 0 aliphatic carbocycles. The van der Waals surface area contributed by atoms with E-state index in [1.54, 1.807) is 0 Å². The Morgan fingerprint density at radius 1 is 1.20 bits per heavy atom. The van der Waals surface area contributed by atoms with Crippen LogP contribution in [0, 0.1) is 0 Å². The molecule has 0 fully saturated rings. The number of hydrogen-bond donors (Lipinski definition) is 3. The van der Waals surface area contributed by atoms with Crippen LogP contribution in [0.15, 0.2) is 24.3 Å². The molecule has 1 rings (SSSR count). The minimum Gasteiger partial charge on any atom is -0.353 e. The number of thiocarbonyl (C=S) groups is 1. The second-order valence-corrected chi connectivity index (χ2v) is 6.06. The Morgan fingerprint density at radius 3 is 2.30 bits per heavy atom. The lowest BCUT2D eigenvalue weighted by molar-refractivity contribution is -0.121. The number of carbonyl (C=O) groups is 1. The Balaban J connectivity index is 2.38. The molecule has 0 unspecified atom stereocenters. The Kier molecular flexibility index (Phi) is 5.95. The zero-order chi connectivity index (χ0) is 15.2. The fourth-order valence-corrected chi connectivity index (χ4v) is 1.81. The smallest absolute Gasteiger partial charge is 0.239 e. The SMILES string of the molecule is CCc1ccc(NC(=S)NCC(=O)NC(C)(C)C)cc1. The molecule has 0 bridgehead atoms. The van der Waals surface area contributed by atoms with Crippen molar-refractivity contribution < 1.29 is 4.79 Å². The molecule has 0 spiro atoms. The summed E-state index contributed by atoms with van der Waals surface area (Å²) in [5.41, 5.74) is 1.96. The Morgan fingerprint density at radius 2 is 1.80 bits per heavy atom. The van der Waals surface area contributed by atoms with Crippen molar-refractivity contribution in [2.75, 3.05) is 11.9 Å². The molecule has 0 radical (unpaired) electrons. The van der Waals surface area contributed by atoms with Crippen LogP contribution in [-0.4, -0.2) is 23.1 Å². The predicted octanol–water partition coefficient (Wildman–Crippen LogP) is 2.45. The molecular weight excluding hydrogens is 270 g/mol. The normalized spacial score (nSPS) is 10.8. The van der Waals surface area contributed by atoms with E-state index in [0.717, 1.165) is 12.1 Å². The molecule has 3 N–H and O–H groups in total. The van der Waals surface area contributed by atoms with Crippen LogP contribution >= 0.6 is 12.2 Å². The monoisotopic (exact) mass is 293 g/mol. The Bertz CT molecular complexity index is 463. The first-order valence-electron chi connectivity index (χ1n) is 6.75. The van der Waals surface area contributed by atoms with Crippen LogP contribution in [0.4, 0.5) is 5.69 Å². The first-order valence-corrected chi connectivity index (χ1v) is 7.16. The molecule has 0 saturated carbocycles. The van der Waals surface area contributed by atoms with Gasteiger partial charge in [0.15, 0.2) is 5.11 Å². The van der Waals surface area contributed by atoms with Crippen LogP contribution in [-0.2, 0) is 11.2 Å². The molecule has 0 aromatic heterocycles. The molecule has 0 heterocycles. The fraction of sp³-hybridized carbons (Fsp3) is 0.467. The highest BCUT2D eigenvalue weighted by Gasteiger charge is 2.13. The van der Waals surface area contributed by atoms with Gasteiger partial charge in [-0.05, 0) is 57.1 Å². The van der Waals surface area contributed by atoms with E-state index in [-0.39, 0.29) is 18.0 Å². The van der Waals surface area contributed by atoms with E-state index in [0.29, 0.717) is 5.11 Å². The average molecular weight is 293 g/mol. The standard InChI is InChI=1S/C15H23N3OS/c1-5-11-6-8-12(9-7-11)17-14(20)16-10-13(19)18-15(2,3)4/h6-9H,5,10H2,1-4H3,(H,18,19)(H2,16,17,20). The third-order valence-corrected chi connectivity index (χ3v) is 2.79. The van der Waals surface area contributed by atoms with Crippen LogP contribution in [0.5, 0.6) is 0 Å². The zero-order valence-corrected chi connectivity index (χ0v) is 13.4. The first kappa shape index (κ1) is 16.4. The summed E-state index contributed by atoms with van der Waals surface area (Å²) in [6.07, 6.45) is 1.01. The van der Waals surface area contributed by atoms with E-state index in [9.17, 15) is 4.79 Å². The summed E-state index contributed by atoms with van der Waals surface area (Å²) in [7, 11) is 0. The van der Waals surface area contributed by atoms with E-state index in [4.69, 9.17) is 12.2 Å². The maximum absolute atomic E-state index is 11.6. The van der Waals surface area contributed by atoms with Crippen LogP contribution in [0.2, 0.25) is 0 Å². The highest BCUT2D eigenvalue weighted by Crippen LogP contribution is 2.09. The van der Waals surface area contributed by atoms with Crippen molar-refractivity contribution in [3.63, 3.8) is 0 Å². The molecular formula is C15H23N3OS. The van der Waals surface area contributed by atoms with E-state index in [1.165, 1.54) is 5.56 Å². The summed E-state index contributed by atoms with van der Waals surface area (Å²) in [6.45, 7) is 8.10. The second kappa shape index (κ2) is 7.24. The second-order valence-electron chi connectivity index (χ2n) is 5.66. The summed E-state index contributed by atoms with van der Waals surface area (Å²) >= 11 is 5.15. The van der Waals surface area contributed by atoms with Gasteiger partial charge in [-0.3, -0.25) is 4.79 Å². The van der Waals surface area contributed by atoms with Crippen molar-refractivity contribution in [2.45, 2.75) is 39.7 Å². The molecule has 1 amide bonds. The summed E-state index contributed by atoms with van der Waals surface area (Å²) in [4.78, 5) is 11.6. The first-order chi connectivity index (χ1) is 9.30. The number of carbonyl (C=O) groups excluding carboxylic acids is 1. The summed E-state index contributed by atoms with van der Waals surface area (Å²) in [5.74, 6) is -0.0806.